The lowest BCUT2D eigenvalue weighted by atomic mass is 10.2. The zero-order valence-electron chi connectivity index (χ0n) is 15.3. The Morgan fingerprint density at radius 2 is 1.76 bits per heavy atom. The van der Waals surface area contributed by atoms with Crippen LogP contribution in [0.1, 0.15) is 17.3 Å². The van der Waals surface area contributed by atoms with Gasteiger partial charge in [0.25, 0.3) is 0 Å². The van der Waals surface area contributed by atoms with E-state index in [1.54, 1.807) is 49.4 Å². The number of halogens is 2. The van der Waals surface area contributed by atoms with Crippen molar-refractivity contribution in [3.8, 4) is 11.4 Å². The Balaban J connectivity index is 2.08. The van der Waals surface area contributed by atoms with Gasteiger partial charge in [0.05, 0.1) is 23.3 Å². The Hall–Kier alpha value is -3.75. The van der Waals surface area contributed by atoms with Crippen molar-refractivity contribution in [3.63, 3.8) is 0 Å². The van der Waals surface area contributed by atoms with Gasteiger partial charge in [-0.15, -0.1) is 0 Å². The molecule has 0 spiro atoms. The molecule has 0 aliphatic heterocycles. The minimum Gasteiger partial charge on any atom is -0.462 e. The Labute approximate surface area is 163 Å². The first-order valence-electron chi connectivity index (χ1n) is 8.79. The Morgan fingerprint density at radius 1 is 1.10 bits per heavy atom. The van der Waals surface area contributed by atoms with E-state index in [1.807, 2.05) is 0 Å². The smallest absolute Gasteiger partial charge is 0.387 e. The zero-order chi connectivity index (χ0) is 20.5. The SMILES string of the molecule is CCOC(=O)c1c(N)n(-c2ccccc2OC(F)F)c2nc3ccccc3nc12. The number of hydrogen-bond donors (Lipinski definition) is 1. The zero-order valence-corrected chi connectivity index (χ0v) is 15.3. The molecule has 0 bridgehead atoms. The summed E-state index contributed by atoms with van der Waals surface area (Å²) in [5, 5.41) is 0. The Morgan fingerprint density at radius 3 is 2.45 bits per heavy atom. The summed E-state index contributed by atoms with van der Waals surface area (Å²) < 4.78 is 36.9. The molecule has 0 aliphatic carbocycles. The van der Waals surface area contributed by atoms with Gasteiger partial charge in [-0.2, -0.15) is 8.78 Å². The first-order valence-corrected chi connectivity index (χ1v) is 8.79. The molecular weight excluding hydrogens is 382 g/mol. The van der Waals surface area contributed by atoms with Crippen molar-refractivity contribution in [2.45, 2.75) is 13.5 Å². The number of benzene rings is 2. The predicted molar refractivity (Wildman–Crippen MR) is 103 cm³/mol. The molecule has 29 heavy (non-hydrogen) atoms. The molecular formula is C20H16F2N4O3. The highest BCUT2D eigenvalue weighted by molar-refractivity contribution is 6.09. The number of esters is 1. The minimum atomic E-state index is -3.03. The molecule has 0 saturated carbocycles. The van der Waals surface area contributed by atoms with Gasteiger partial charge in [-0.25, -0.2) is 14.8 Å². The number of ether oxygens (including phenoxy) is 2. The second-order valence-corrected chi connectivity index (χ2v) is 6.05. The molecule has 0 unspecified atom stereocenters. The van der Waals surface area contributed by atoms with E-state index in [0.717, 1.165) is 0 Å². The molecule has 0 fully saturated rings. The maximum Gasteiger partial charge on any atom is 0.387 e. The first kappa shape index (κ1) is 18.6. The fourth-order valence-corrected chi connectivity index (χ4v) is 3.15. The first-order chi connectivity index (χ1) is 14.0. The van der Waals surface area contributed by atoms with E-state index in [9.17, 15) is 13.6 Å². The third kappa shape index (κ3) is 3.20. The van der Waals surface area contributed by atoms with Gasteiger partial charge in [-0.1, -0.05) is 24.3 Å². The van der Waals surface area contributed by atoms with Gasteiger partial charge < -0.3 is 15.2 Å². The summed E-state index contributed by atoms with van der Waals surface area (Å²) in [7, 11) is 0. The summed E-state index contributed by atoms with van der Waals surface area (Å²) in [4.78, 5) is 21.7. The highest BCUT2D eigenvalue weighted by Crippen LogP contribution is 2.35. The topological polar surface area (TPSA) is 92.3 Å². The fourth-order valence-electron chi connectivity index (χ4n) is 3.15. The van der Waals surface area contributed by atoms with Gasteiger partial charge in [-0.3, -0.25) is 4.57 Å². The summed E-state index contributed by atoms with van der Waals surface area (Å²) in [5.41, 5.74) is 8.06. The Kier molecular flexibility index (Phi) is 4.71. The van der Waals surface area contributed by atoms with E-state index in [0.29, 0.717) is 11.0 Å². The Bertz CT molecular complexity index is 1220. The van der Waals surface area contributed by atoms with E-state index in [1.165, 1.54) is 10.6 Å². The van der Waals surface area contributed by atoms with Crippen LogP contribution in [0.5, 0.6) is 5.75 Å². The molecule has 148 valence electrons. The second-order valence-electron chi connectivity index (χ2n) is 6.05. The van der Waals surface area contributed by atoms with Gasteiger partial charge >= 0.3 is 12.6 Å². The average Bonchev–Trinajstić information content (AvgIpc) is 2.97. The minimum absolute atomic E-state index is 0.0203. The second kappa shape index (κ2) is 7.34. The molecule has 4 aromatic rings. The van der Waals surface area contributed by atoms with Crippen LogP contribution in [-0.2, 0) is 4.74 Å². The molecule has 2 aromatic heterocycles. The van der Waals surface area contributed by atoms with Crippen molar-refractivity contribution < 1.29 is 23.0 Å². The van der Waals surface area contributed by atoms with Crippen molar-refractivity contribution in [3.05, 3.63) is 54.1 Å². The number of carbonyl (C=O) groups excluding carboxylic acids is 1. The quantitative estimate of drug-likeness (QED) is 0.512. The maximum absolute atomic E-state index is 12.9. The molecule has 2 aromatic carbocycles. The molecule has 0 atom stereocenters. The number of fused-ring (bicyclic) bond motifs is 2. The monoisotopic (exact) mass is 398 g/mol. The van der Waals surface area contributed by atoms with Gasteiger partial charge in [0.15, 0.2) is 5.65 Å². The summed E-state index contributed by atoms with van der Waals surface area (Å²) in [6, 6.07) is 13.2. The largest absolute Gasteiger partial charge is 0.462 e. The molecule has 4 rings (SSSR count). The van der Waals surface area contributed by atoms with E-state index in [2.05, 4.69) is 14.7 Å². The number of aromatic nitrogens is 3. The third-order valence-corrected chi connectivity index (χ3v) is 4.30. The number of rotatable bonds is 5. The number of para-hydroxylation sites is 4. The van der Waals surface area contributed by atoms with Crippen molar-refractivity contribution in [2.75, 3.05) is 12.3 Å². The summed E-state index contributed by atoms with van der Waals surface area (Å²) >= 11 is 0. The summed E-state index contributed by atoms with van der Waals surface area (Å²) in [6.45, 7) is -1.23. The molecule has 2 heterocycles. The van der Waals surface area contributed by atoms with Crippen LogP contribution in [0.15, 0.2) is 48.5 Å². The van der Waals surface area contributed by atoms with E-state index < -0.39 is 12.6 Å². The summed E-state index contributed by atoms with van der Waals surface area (Å²) in [6.07, 6.45) is 0. The molecule has 0 aliphatic rings. The number of nitrogen functional groups attached to an aromatic ring is 1. The number of nitrogens with two attached hydrogens (primary N) is 1. The van der Waals surface area contributed by atoms with Crippen molar-refractivity contribution in [1.29, 1.82) is 0 Å². The molecule has 0 saturated heterocycles. The number of carbonyl (C=O) groups is 1. The lowest BCUT2D eigenvalue weighted by molar-refractivity contribution is -0.0498. The number of nitrogens with zero attached hydrogens (tertiary/aromatic N) is 3. The molecule has 9 heteroatoms. The van der Waals surface area contributed by atoms with E-state index in [-0.39, 0.29) is 40.6 Å². The van der Waals surface area contributed by atoms with Crippen molar-refractivity contribution in [2.24, 2.45) is 0 Å². The lowest BCUT2D eigenvalue weighted by Crippen LogP contribution is -2.10. The average molecular weight is 398 g/mol. The molecule has 0 radical (unpaired) electrons. The van der Waals surface area contributed by atoms with Crippen LogP contribution >= 0.6 is 0 Å². The standard InChI is InChI=1S/C20H16F2N4O3/c1-2-28-19(27)15-16-18(25-12-8-4-3-7-11(12)24-16)26(17(15)23)13-9-5-6-10-14(13)29-20(21)22/h3-10,20H,2,23H2,1H3. The highest BCUT2D eigenvalue weighted by atomic mass is 19.3. The lowest BCUT2D eigenvalue weighted by Gasteiger charge is -2.13. The van der Waals surface area contributed by atoms with E-state index in [4.69, 9.17) is 10.5 Å². The van der Waals surface area contributed by atoms with Gasteiger partial charge in [0, 0.05) is 0 Å². The van der Waals surface area contributed by atoms with Crippen LogP contribution in [0.3, 0.4) is 0 Å². The van der Waals surface area contributed by atoms with E-state index >= 15 is 0 Å². The number of anilines is 1. The van der Waals surface area contributed by atoms with Crippen LogP contribution in [0, 0.1) is 0 Å². The van der Waals surface area contributed by atoms with Gasteiger partial charge in [0.1, 0.15) is 22.6 Å². The number of alkyl halides is 2. The van der Waals surface area contributed by atoms with Crippen LogP contribution in [-0.4, -0.2) is 33.7 Å². The normalized spacial score (nSPS) is 11.3. The predicted octanol–water partition coefficient (Wildman–Crippen LogP) is 3.93. The highest BCUT2D eigenvalue weighted by Gasteiger charge is 2.27. The molecule has 2 N–H and O–H groups in total. The maximum atomic E-state index is 12.9. The molecule has 7 nitrogen and oxygen atoms in total. The van der Waals surface area contributed by atoms with Crippen LogP contribution in [0.2, 0.25) is 0 Å². The summed E-state index contributed by atoms with van der Waals surface area (Å²) in [5.74, 6) is -0.818. The van der Waals surface area contributed by atoms with Crippen molar-refractivity contribution in [1.82, 2.24) is 14.5 Å². The van der Waals surface area contributed by atoms with Crippen LogP contribution in [0.4, 0.5) is 14.6 Å². The van der Waals surface area contributed by atoms with Gasteiger partial charge in [-0.05, 0) is 31.2 Å². The molecule has 0 amide bonds. The van der Waals surface area contributed by atoms with Crippen LogP contribution < -0.4 is 10.5 Å². The number of hydrogen-bond acceptors (Lipinski definition) is 6. The van der Waals surface area contributed by atoms with Crippen molar-refractivity contribution >= 4 is 34.0 Å². The fraction of sp³-hybridized carbons (Fsp3) is 0.150. The third-order valence-electron chi connectivity index (χ3n) is 4.30. The van der Waals surface area contributed by atoms with Crippen LogP contribution in [0.25, 0.3) is 27.9 Å². The van der Waals surface area contributed by atoms with Gasteiger partial charge in [0.2, 0.25) is 0 Å².